The second kappa shape index (κ2) is 8.28. The molecule has 0 fully saturated rings. The molecule has 28 heavy (non-hydrogen) atoms. The predicted molar refractivity (Wildman–Crippen MR) is 95.0 cm³/mol. The van der Waals surface area contributed by atoms with Crippen LogP contribution < -0.4 is 0 Å². The molecule has 0 aliphatic carbocycles. The third kappa shape index (κ3) is 4.24. The number of carbonyl (C=O) groups is 5. The number of aliphatic hydroxyl groups is 1. The molecule has 5 amide bonds. The zero-order chi connectivity index (χ0) is 20.3. The first-order valence-electron chi connectivity index (χ1n) is 8.83. The van der Waals surface area contributed by atoms with Gasteiger partial charge in [-0.15, -0.1) is 0 Å². The van der Waals surface area contributed by atoms with Crippen LogP contribution in [-0.4, -0.2) is 99.7 Å². The van der Waals surface area contributed by atoms with Crippen molar-refractivity contribution in [2.75, 3.05) is 39.3 Å². The summed E-state index contributed by atoms with van der Waals surface area (Å²) < 4.78 is 0. The Labute approximate surface area is 160 Å². The average molecular weight is 388 g/mol. The van der Waals surface area contributed by atoms with E-state index >= 15 is 0 Å². The maximum atomic E-state index is 11.8. The monoisotopic (exact) mass is 388 g/mol. The molecule has 1 N–H and O–H groups in total. The van der Waals surface area contributed by atoms with Crippen molar-refractivity contribution in [2.45, 2.75) is 6.23 Å². The SMILES string of the molecule is O=C1C=CC(=O)N1CCN(CCN1C(=O)C=CC1=O)CCN1C(=O)C=CC1O. The number of hydrogen-bond donors (Lipinski definition) is 1. The van der Waals surface area contributed by atoms with Crippen LogP contribution in [0.5, 0.6) is 0 Å². The molecule has 10 heteroatoms. The molecule has 3 rings (SSSR count). The van der Waals surface area contributed by atoms with Crippen molar-refractivity contribution in [3.63, 3.8) is 0 Å². The highest BCUT2D eigenvalue weighted by Crippen LogP contribution is 2.10. The molecule has 0 radical (unpaired) electrons. The fourth-order valence-electron chi connectivity index (χ4n) is 3.11. The topological polar surface area (TPSA) is 119 Å². The van der Waals surface area contributed by atoms with Crippen molar-refractivity contribution < 1.29 is 29.1 Å². The summed E-state index contributed by atoms with van der Waals surface area (Å²) in [6, 6.07) is 0. The van der Waals surface area contributed by atoms with E-state index in [1.54, 1.807) is 0 Å². The number of aliphatic hydroxyl groups excluding tert-OH is 1. The summed E-state index contributed by atoms with van der Waals surface area (Å²) >= 11 is 0. The number of hydrogen-bond acceptors (Lipinski definition) is 7. The summed E-state index contributed by atoms with van der Waals surface area (Å²) in [4.78, 5) is 63.9. The first kappa shape index (κ1) is 19.6. The van der Waals surface area contributed by atoms with E-state index in [2.05, 4.69) is 0 Å². The van der Waals surface area contributed by atoms with Gasteiger partial charge >= 0.3 is 0 Å². The van der Waals surface area contributed by atoms with E-state index in [1.165, 1.54) is 41.4 Å². The number of rotatable bonds is 9. The second-order valence-electron chi connectivity index (χ2n) is 6.47. The molecule has 0 aromatic rings. The Balaban J connectivity index is 1.57. The van der Waals surface area contributed by atoms with Crippen LogP contribution in [-0.2, 0) is 24.0 Å². The summed E-state index contributed by atoms with van der Waals surface area (Å²) in [5, 5.41) is 9.80. The van der Waals surface area contributed by atoms with Crippen LogP contribution in [0.4, 0.5) is 0 Å². The van der Waals surface area contributed by atoms with E-state index in [4.69, 9.17) is 0 Å². The second-order valence-corrected chi connectivity index (χ2v) is 6.47. The Morgan fingerprint density at radius 2 is 1.11 bits per heavy atom. The van der Waals surface area contributed by atoms with Gasteiger partial charge in [-0.05, 0) is 6.08 Å². The van der Waals surface area contributed by atoms with Crippen LogP contribution in [0.25, 0.3) is 0 Å². The van der Waals surface area contributed by atoms with Crippen LogP contribution in [0, 0.1) is 0 Å². The Hall–Kier alpha value is -3.11. The van der Waals surface area contributed by atoms with E-state index < -0.39 is 29.9 Å². The van der Waals surface area contributed by atoms with Crippen LogP contribution in [0.3, 0.4) is 0 Å². The van der Waals surface area contributed by atoms with Gasteiger partial charge in [0.15, 0.2) is 0 Å². The van der Waals surface area contributed by atoms with E-state index in [9.17, 15) is 29.1 Å². The Bertz CT molecular complexity index is 720. The van der Waals surface area contributed by atoms with Gasteiger partial charge in [0.05, 0.1) is 0 Å². The summed E-state index contributed by atoms with van der Waals surface area (Å²) in [5.41, 5.74) is 0. The molecule has 148 valence electrons. The fourth-order valence-corrected chi connectivity index (χ4v) is 3.11. The highest BCUT2D eigenvalue weighted by Gasteiger charge is 2.27. The lowest BCUT2D eigenvalue weighted by atomic mass is 10.3. The van der Waals surface area contributed by atoms with Gasteiger partial charge < -0.3 is 10.0 Å². The number of nitrogens with zero attached hydrogens (tertiary/aromatic N) is 4. The molecule has 0 saturated carbocycles. The average Bonchev–Trinajstić information content (AvgIpc) is 3.27. The van der Waals surface area contributed by atoms with Crippen LogP contribution in [0.2, 0.25) is 0 Å². The van der Waals surface area contributed by atoms with Crippen molar-refractivity contribution in [2.24, 2.45) is 0 Å². The minimum atomic E-state index is -0.994. The first-order valence-corrected chi connectivity index (χ1v) is 8.83. The van der Waals surface area contributed by atoms with Crippen LogP contribution in [0.1, 0.15) is 0 Å². The minimum Gasteiger partial charge on any atom is -0.370 e. The molecule has 0 bridgehead atoms. The molecule has 1 unspecified atom stereocenters. The molecule has 0 aromatic carbocycles. The largest absolute Gasteiger partial charge is 0.370 e. The van der Waals surface area contributed by atoms with Crippen molar-refractivity contribution in [3.05, 3.63) is 36.5 Å². The predicted octanol–water partition coefficient (Wildman–Crippen LogP) is -2.14. The maximum Gasteiger partial charge on any atom is 0.253 e. The standard InChI is InChI=1S/C18H20N4O6/c23-13-1-2-14(24)20(13)10-7-19(8-11-21-15(25)3-4-16(21)26)9-12-22-17(27)5-6-18(22)28/h1-6,13,23H,7-12H2. The van der Waals surface area contributed by atoms with Gasteiger partial charge in [0.2, 0.25) is 5.91 Å². The van der Waals surface area contributed by atoms with E-state index in [-0.39, 0.29) is 25.5 Å². The van der Waals surface area contributed by atoms with Gasteiger partial charge in [-0.2, -0.15) is 0 Å². The fraction of sp³-hybridized carbons (Fsp3) is 0.389. The Morgan fingerprint density at radius 3 is 1.50 bits per heavy atom. The highest BCUT2D eigenvalue weighted by molar-refractivity contribution is 6.13. The van der Waals surface area contributed by atoms with Gasteiger partial charge in [-0.1, -0.05) is 0 Å². The molecule has 10 nitrogen and oxygen atoms in total. The Morgan fingerprint density at radius 1 is 0.679 bits per heavy atom. The molecule has 0 spiro atoms. The lowest BCUT2D eigenvalue weighted by molar-refractivity contribution is -0.137. The van der Waals surface area contributed by atoms with Gasteiger partial charge in [0.25, 0.3) is 23.6 Å². The normalized spacial score (nSPS) is 21.6. The quantitative estimate of drug-likeness (QED) is 0.448. The molecule has 3 aliphatic rings. The molecule has 0 aromatic heterocycles. The molecular weight excluding hydrogens is 368 g/mol. The number of amides is 5. The Kier molecular flexibility index (Phi) is 5.81. The molecule has 3 heterocycles. The molecule has 1 atom stereocenters. The number of carbonyl (C=O) groups excluding carboxylic acids is 5. The third-order valence-electron chi connectivity index (χ3n) is 4.75. The molecular formula is C18H20N4O6. The third-order valence-corrected chi connectivity index (χ3v) is 4.75. The van der Waals surface area contributed by atoms with Gasteiger partial charge in [0, 0.05) is 69.6 Å². The lowest BCUT2D eigenvalue weighted by Crippen LogP contribution is -2.46. The first-order chi connectivity index (χ1) is 13.4. The van der Waals surface area contributed by atoms with Crippen molar-refractivity contribution >= 4 is 29.5 Å². The zero-order valence-corrected chi connectivity index (χ0v) is 15.1. The van der Waals surface area contributed by atoms with E-state index in [0.29, 0.717) is 19.6 Å². The smallest absolute Gasteiger partial charge is 0.253 e. The van der Waals surface area contributed by atoms with E-state index in [1.807, 2.05) is 4.90 Å². The van der Waals surface area contributed by atoms with Crippen LogP contribution in [0.15, 0.2) is 36.5 Å². The minimum absolute atomic E-state index is 0.138. The summed E-state index contributed by atoms with van der Waals surface area (Å²) in [7, 11) is 0. The maximum absolute atomic E-state index is 11.8. The molecule has 3 aliphatic heterocycles. The number of imide groups is 2. The van der Waals surface area contributed by atoms with Crippen LogP contribution >= 0.6 is 0 Å². The van der Waals surface area contributed by atoms with Crippen molar-refractivity contribution in [3.8, 4) is 0 Å². The van der Waals surface area contributed by atoms with Crippen molar-refractivity contribution in [1.82, 2.24) is 19.6 Å². The van der Waals surface area contributed by atoms with Crippen molar-refractivity contribution in [1.29, 1.82) is 0 Å². The van der Waals surface area contributed by atoms with Gasteiger partial charge in [-0.3, -0.25) is 38.7 Å². The summed E-state index contributed by atoms with van der Waals surface area (Å²) in [6.45, 7) is 1.42. The summed E-state index contributed by atoms with van der Waals surface area (Å²) in [5.74, 6) is -1.89. The lowest BCUT2D eigenvalue weighted by Gasteiger charge is -2.29. The zero-order valence-electron chi connectivity index (χ0n) is 15.1. The van der Waals surface area contributed by atoms with Gasteiger partial charge in [0.1, 0.15) is 6.23 Å². The molecule has 0 saturated heterocycles. The summed E-state index contributed by atoms with van der Waals surface area (Å²) in [6.07, 6.45) is 6.47. The van der Waals surface area contributed by atoms with Gasteiger partial charge in [-0.25, -0.2) is 0 Å². The van der Waals surface area contributed by atoms with E-state index in [0.717, 1.165) is 9.80 Å². The highest BCUT2D eigenvalue weighted by atomic mass is 16.3.